The minimum atomic E-state index is -0.933. The highest BCUT2D eigenvalue weighted by molar-refractivity contribution is 5.84. The predicted octanol–water partition coefficient (Wildman–Crippen LogP) is 1.78. The van der Waals surface area contributed by atoms with Crippen LogP contribution in [0.2, 0.25) is 0 Å². The minimum Gasteiger partial charge on any atom is -0.493 e. The third-order valence-corrected chi connectivity index (χ3v) is 1.86. The van der Waals surface area contributed by atoms with Crippen LogP contribution in [-0.4, -0.2) is 31.4 Å². The molecule has 2 rings (SSSR count). The van der Waals surface area contributed by atoms with Crippen molar-refractivity contribution in [1.29, 1.82) is 0 Å². The van der Waals surface area contributed by atoms with Crippen LogP contribution in [0.3, 0.4) is 0 Å². The van der Waals surface area contributed by atoms with Crippen molar-refractivity contribution in [1.82, 2.24) is 0 Å². The van der Waals surface area contributed by atoms with Gasteiger partial charge in [0.05, 0.1) is 6.61 Å². The second-order valence-corrected chi connectivity index (χ2v) is 2.97. The first-order chi connectivity index (χ1) is 7.19. The normalized spacial score (nSPS) is 10.0. The Hall–Kier alpha value is -1.55. The van der Waals surface area contributed by atoms with Gasteiger partial charge in [0.25, 0.3) is 0 Å². The second kappa shape index (κ2) is 5.36. The molecule has 0 unspecified atom stereocenters. The smallest absolute Gasteiger partial charge is 0.329 e. The first-order valence-corrected chi connectivity index (χ1v) is 4.67. The molecular weight excluding hydrogens is 196 g/mol. The third-order valence-electron chi connectivity index (χ3n) is 1.86. The Morgan fingerprint density at radius 2 is 2.20 bits per heavy atom. The van der Waals surface area contributed by atoms with Crippen LogP contribution in [-0.2, 0) is 9.53 Å². The van der Waals surface area contributed by atoms with Crippen molar-refractivity contribution in [2.75, 3.05) is 20.3 Å². The lowest BCUT2D eigenvalue weighted by molar-refractivity contribution is -0.141. The zero-order valence-electron chi connectivity index (χ0n) is 8.82. The number of aliphatic carboxylic acids is 1. The first kappa shape index (κ1) is 11.5. The van der Waals surface area contributed by atoms with Gasteiger partial charge in [-0.25, -0.2) is 4.79 Å². The molecule has 0 atom stereocenters. The number of methoxy groups -OCH3 is 1. The van der Waals surface area contributed by atoms with E-state index in [0.29, 0.717) is 0 Å². The van der Waals surface area contributed by atoms with Gasteiger partial charge in [-0.15, -0.1) is 0 Å². The predicted molar refractivity (Wildman–Crippen MR) is 56.1 cm³/mol. The molecule has 15 heavy (non-hydrogen) atoms. The van der Waals surface area contributed by atoms with Gasteiger partial charge >= 0.3 is 5.97 Å². The van der Waals surface area contributed by atoms with Gasteiger partial charge in [-0.2, -0.15) is 0 Å². The fourth-order valence-corrected chi connectivity index (χ4v) is 1.15. The summed E-state index contributed by atoms with van der Waals surface area (Å²) < 4.78 is 9.47. The van der Waals surface area contributed by atoms with Crippen molar-refractivity contribution in [3.05, 3.63) is 18.2 Å². The number of benzene rings is 1. The molecule has 0 aromatic heterocycles. The van der Waals surface area contributed by atoms with E-state index in [2.05, 4.69) is 22.9 Å². The van der Waals surface area contributed by atoms with E-state index in [1.165, 1.54) is 18.2 Å². The molecule has 0 heterocycles. The molecule has 0 aromatic carbocycles. The number of fused-ring (bicyclic) bond motifs is 1. The van der Waals surface area contributed by atoms with E-state index < -0.39 is 5.97 Å². The zero-order chi connectivity index (χ0) is 11.3. The molecule has 0 fully saturated rings. The lowest BCUT2D eigenvalue weighted by atomic mass is 9.92. The van der Waals surface area contributed by atoms with Crippen LogP contribution >= 0.6 is 0 Å². The summed E-state index contributed by atoms with van der Waals surface area (Å²) in [5, 5.41) is 7.79. The molecule has 0 amide bonds. The zero-order valence-corrected chi connectivity index (χ0v) is 8.82. The van der Waals surface area contributed by atoms with Crippen molar-refractivity contribution in [3.8, 4) is 16.9 Å². The SMILES string of the molecule is CCOc1cc2ccc1-2.COCC(=O)O. The van der Waals surface area contributed by atoms with E-state index in [9.17, 15) is 4.79 Å². The summed E-state index contributed by atoms with van der Waals surface area (Å²) in [7, 11) is 1.34. The molecule has 0 radical (unpaired) electrons. The fourth-order valence-electron chi connectivity index (χ4n) is 1.15. The quantitative estimate of drug-likeness (QED) is 0.835. The van der Waals surface area contributed by atoms with E-state index in [-0.39, 0.29) is 6.61 Å². The first-order valence-electron chi connectivity index (χ1n) is 4.67. The van der Waals surface area contributed by atoms with Gasteiger partial charge in [0, 0.05) is 12.7 Å². The number of carboxylic acids is 1. The van der Waals surface area contributed by atoms with Crippen LogP contribution in [0.5, 0.6) is 5.75 Å². The van der Waals surface area contributed by atoms with Crippen molar-refractivity contribution >= 4 is 5.97 Å². The van der Waals surface area contributed by atoms with Crippen LogP contribution < -0.4 is 4.74 Å². The second-order valence-electron chi connectivity index (χ2n) is 2.97. The van der Waals surface area contributed by atoms with Crippen molar-refractivity contribution < 1.29 is 19.4 Å². The van der Waals surface area contributed by atoms with Gasteiger partial charge in [0.2, 0.25) is 0 Å². The Bertz CT molecular complexity index is 346. The maximum atomic E-state index is 9.47. The number of hydrogen-bond acceptors (Lipinski definition) is 3. The highest BCUT2D eigenvalue weighted by Crippen LogP contribution is 2.42. The van der Waals surface area contributed by atoms with Gasteiger partial charge in [-0.1, -0.05) is 12.1 Å². The highest BCUT2D eigenvalue weighted by atomic mass is 16.5. The minimum absolute atomic E-state index is 0.208. The molecule has 4 nitrogen and oxygen atoms in total. The third kappa shape index (κ3) is 2.95. The maximum absolute atomic E-state index is 9.47. The van der Waals surface area contributed by atoms with Crippen LogP contribution in [0.25, 0.3) is 11.1 Å². The fraction of sp³-hybridized carbons (Fsp3) is 0.364. The summed E-state index contributed by atoms with van der Waals surface area (Å²) in [6, 6.07) is 6.25. The summed E-state index contributed by atoms with van der Waals surface area (Å²) in [4.78, 5) is 9.47. The highest BCUT2D eigenvalue weighted by Gasteiger charge is 2.16. The molecule has 2 aliphatic rings. The van der Waals surface area contributed by atoms with Gasteiger partial charge in [-0.05, 0) is 18.6 Å². The number of ether oxygens (including phenoxy) is 2. The summed E-state index contributed by atoms with van der Waals surface area (Å²) >= 11 is 0. The Kier molecular flexibility index (Phi) is 4.12. The van der Waals surface area contributed by atoms with Crippen LogP contribution in [0.1, 0.15) is 6.92 Å². The van der Waals surface area contributed by atoms with Crippen molar-refractivity contribution in [3.63, 3.8) is 0 Å². The van der Waals surface area contributed by atoms with E-state index in [1.807, 2.05) is 6.92 Å². The summed E-state index contributed by atoms with van der Waals surface area (Å²) in [5.74, 6) is 0.132. The summed E-state index contributed by atoms with van der Waals surface area (Å²) in [6.45, 7) is 2.57. The Balaban J connectivity index is 0.000000167. The Morgan fingerprint density at radius 3 is 2.40 bits per heavy atom. The topological polar surface area (TPSA) is 55.8 Å². The van der Waals surface area contributed by atoms with Crippen LogP contribution in [0.15, 0.2) is 18.2 Å². The van der Waals surface area contributed by atoms with Gasteiger partial charge in [0.15, 0.2) is 0 Å². The average Bonchev–Trinajstić information content (AvgIpc) is 2.14. The molecule has 0 aliphatic heterocycles. The van der Waals surface area contributed by atoms with Crippen LogP contribution in [0, 0.1) is 0 Å². The number of carboxylic acid groups (broad SMARTS) is 1. The molecule has 0 aromatic rings. The number of hydrogen-bond donors (Lipinski definition) is 1. The molecule has 0 saturated heterocycles. The molecule has 2 aliphatic carbocycles. The summed E-state index contributed by atoms with van der Waals surface area (Å²) in [6.07, 6.45) is 0. The number of rotatable bonds is 4. The van der Waals surface area contributed by atoms with E-state index in [4.69, 9.17) is 9.84 Å². The van der Waals surface area contributed by atoms with Gasteiger partial charge in [-0.3, -0.25) is 0 Å². The van der Waals surface area contributed by atoms with E-state index in [1.54, 1.807) is 0 Å². The average molecular weight is 210 g/mol. The Labute approximate surface area is 88.4 Å². The lowest BCUT2D eigenvalue weighted by Gasteiger charge is -2.19. The molecule has 1 N–H and O–H groups in total. The maximum Gasteiger partial charge on any atom is 0.329 e. The van der Waals surface area contributed by atoms with Gasteiger partial charge < -0.3 is 14.6 Å². The molecule has 0 saturated carbocycles. The lowest BCUT2D eigenvalue weighted by Crippen LogP contribution is -2.02. The largest absolute Gasteiger partial charge is 0.493 e. The monoisotopic (exact) mass is 210 g/mol. The van der Waals surface area contributed by atoms with Crippen molar-refractivity contribution in [2.45, 2.75) is 6.92 Å². The van der Waals surface area contributed by atoms with Crippen LogP contribution in [0.4, 0.5) is 0 Å². The summed E-state index contributed by atoms with van der Waals surface area (Å²) in [5.41, 5.74) is 2.65. The molecule has 0 bridgehead atoms. The molecule has 0 spiro atoms. The van der Waals surface area contributed by atoms with Gasteiger partial charge in [0.1, 0.15) is 12.4 Å². The number of carbonyl (C=O) groups is 1. The molecule has 4 heteroatoms. The van der Waals surface area contributed by atoms with E-state index in [0.717, 1.165) is 12.4 Å². The Morgan fingerprint density at radius 1 is 1.47 bits per heavy atom. The molecule has 82 valence electrons. The van der Waals surface area contributed by atoms with E-state index >= 15 is 0 Å². The standard InChI is InChI=1S/C8H8O.C3H6O3/c1-2-9-8-5-6-3-4-7(6)8;1-6-2-3(4)5/h3-5H,2H2,1H3;2H2,1H3,(H,4,5). The molecular formula is C11H14O4. The van der Waals surface area contributed by atoms with Crippen molar-refractivity contribution in [2.24, 2.45) is 0 Å².